The Morgan fingerprint density at radius 3 is 1.16 bits per heavy atom. The van der Waals surface area contributed by atoms with Crippen molar-refractivity contribution in [3.8, 4) is 0 Å². The predicted molar refractivity (Wildman–Crippen MR) is 543 cm³/mol. The van der Waals surface area contributed by atoms with Gasteiger partial charge in [0, 0.05) is 88.7 Å². The van der Waals surface area contributed by atoms with Crippen molar-refractivity contribution in [2.75, 3.05) is 65.8 Å². The fourth-order valence-electron chi connectivity index (χ4n) is 12.9. The number of hydrogen-bond donors (Lipinski definition) is 11. The molecule has 0 unspecified atom stereocenters. The maximum Gasteiger partial charge on any atom is 0.407 e. The lowest BCUT2D eigenvalue weighted by Crippen LogP contribution is -2.30. The van der Waals surface area contributed by atoms with Crippen LogP contribution in [0.1, 0.15) is 192 Å². The number of aryl methyl sites for hydroxylation is 1. The Morgan fingerprint density at radius 1 is 0.420 bits per heavy atom. The quantitative estimate of drug-likeness (QED) is 0.00322. The number of nitrogens with two attached hydrogens (primary N) is 2. The summed E-state index contributed by atoms with van der Waals surface area (Å²) < 4.78 is 26.8. The molecule has 0 saturated carbocycles. The Bertz CT molecular complexity index is 5690. The van der Waals surface area contributed by atoms with Gasteiger partial charge in [-0.25, -0.2) is 45.9 Å². The number of carbonyl (C=O) groups is 10. The number of halogens is 2. The highest BCUT2D eigenvalue weighted by Gasteiger charge is 2.37. The minimum Gasteiger partial charge on any atom is -0.449 e. The van der Waals surface area contributed by atoms with E-state index < -0.39 is 53.4 Å². The van der Waals surface area contributed by atoms with E-state index in [0.717, 1.165) is 154 Å². The van der Waals surface area contributed by atoms with Crippen LogP contribution in [0.15, 0.2) is 261 Å². The Hall–Kier alpha value is -14.6. The van der Waals surface area contributed by atoms with Crippen molar-refractivity contribution in [1.82, 2.24) is 51.1 Å². The molecular weight excluding hydrogens is 1880 g/mol. The van der Waals surface area contributed by atoms with Gasteiger partial charge in [0.15, 0.2) is 0 Å². The SMILES string of the molecule is CCCCC(=O)Cc1cnc2ccccc2c1Cl.CCCCc1nc2cnc3ccccc3c2n1OCCCCNC(=O)OCc1ccccc1.N=N.NCCCCO.NOCCCCNC(=O)OCc1ccccc1.O.O=C(Cl)OCc1ccccc1.O=C(NCCCCO)OCc1ccccc1.O=C(NCCCCON1C(=O)c2ccccc2C1=O)OCc1ccccc1.O=C1c2ccccc2C(=O)N1O.[HH]. The molecule has 0 bridgehead atoms. The third-order valence-corrected chi connectivity index (χ3v) is 20.8. The number of nitrogens with zero attached hydrogens (tertiary/aromatic N) is 6. The second kappa shape index (κ2) is 71.8. The van der Waals surface area contributed by atoms with Crippen molar-refractivity contribution < 1.29 is 108 Å². The summed E-state index contributed by atoms with van der Waals surface area (Å²) in [4.78, 5) is 144. The molecule has 3 aromatic heterocycles. The van der Waals surface area contributed by atoms with Gasteiger partial charge in [-0.15, -0.1) is 10.1 Å². The van der Waals surface area contributed by atoms with E-state index in [0.29, 0.717) is 101 Å². The van der Waals surface area contributed by atoms with Crippen LogP contribution >= 0.6 is 23.2 Å². The molecule has 0 fully saturated rings. The zero-order valence-corrected chi connectivity index (χ0v) is 81.7. The van der Waals surface area contributed by atoms with Crippen molar-refractivity contribution >= 4 is 115 Å². The van der Waals surface area contributed by atoms with E-state index in [-0.39, 0.29) is 75.1 Å². The lowest BCUT2D eigenvalue weighted by Gasteiger charge is -2.13. The fraction of sp³-hybridized carbons (Fsp3) is 0.324. The van der Waals surface area contributed by atoms with Crippen LogP contribution < -0.4 is 37.7 Å². The van der Waals surface area contributed by atoms with Crippen molar-refractivity contribution in [1.29, 1.82) is 11.1 Å². The smallest absolute Gasteiger partial charge is 0.407 e. The third kappa shape index (κ3) is 45.3. The van der Waals surface area contributed by atoms with Crippen molar-refractivity contribution in [3.05, 3.63) is 328 Å². The first-order valence-corrected chi connectivity index (χ1v) is 47.3. The summed E-state index contributed by atoms with van der Waals surface area (Å²) in [6.45, 7) is 9.96. The number of imidazole rings is 1. The zero-order chi connectivity index (χ0) is 103. The van der Waals surface area contributed by atoms with Gasteiger partial charge in [-0.1, -0.05) is 251 Å². The molecule has 9 aromatic carbocycles. The zero-order valence-electron chi connectivity index (χ0n) is 80.2. The van der Waals surface area contributed by atoms with Crippen molar-refractivity contribution in [2.24, 2.45) is 11.6 Å². The molecular formula is C105H130Cl2N14O22. The van der Waals surface area contributed by atoms with Gasteiger partial charge in [-0.05, 0) is 153 Å². The fourth-order valence-corrected chi connectivity index (χ4v) is 13.2. The lowest BCUT2D eigenvalue weighted by atomic mass is 10.0. The van der Waals surface area contributed by atoms with E-state index in [4.69, 9.17) is 94.9 Å². The van der Waals surface area contributed by atoms with Crippen LogP contribution in [0, 0.1) is 11.1 Å². The standard InChI is InChI=1S/C26H30N4O3.C20H20N2O5.C15H16ClNO.C12H18N2O3.C12H17NO3.C8H7ClO2.C8H5NO3.C4H11NO.H2N2.H2O.H2/c1-2-3-15-24-29-23-18-28-22-14-8-7-13-21(22)25(23)30(24)33-17-10-9-16-27-26(31)32-19-20-11-5-4-6-12-20;23-18-16-10-4-5-11-17(16)19(24)22(18)27-13-7-6-12-21-20(25)26-14-15-8-2-1-3-9-15;1-2-3-6-12(18)9-11-10-17-14-8-5-4-7-13(14)15(11)16;13-17-9-5-4-8-14-12(15)16-10-11-6-2-1-3-7-11;14-9-5-4-8-13-12(15)16-10-11-6-2-1-3-7-11;9-8(10)11-6-7-4-2-1-3-5-7;10-7-5-3-1-2-4-6(5)8(11)9(7)12;5-3-1-2-4-6;1-2;;/h4-8,11-14,18H,2-3,9-10,15-17,19H2,1H3,(H,27,31);1-5,8-11H,6-7,12-14H2,(H,21,25);4-5,7-8,10H,2-3,6,9H2,1H3;1-3,6-7H,4-5,8-10,13H2,(H,14,15);1-3,6-7,14H,4-5,8-10H2,(H,13,15);1-5H,6H2;1-4,12H;6H,1-5H2;1-2H;1H2;1H. The topological polar surface area (TPSA) is 535 Å². The summed E-state index contributed by atoms with van der Waals surface area (Å²) in [5, 5.41) is 39.9. The molecule has 0 radical (unpaired) electrons. The second-order valence-electron chi connectivity index (χ2n) is 31.1. The van der Waals surface area contributed by atoms with Gasteiger partial charge >= 0.3 is 29.8 Å². The van der Waals surface area contributed by atoms with E-state index in [2.05, 4.69) is 60.7 Å². The molecule has 14 rings (SSSR count). The van der Waals surface area contributed by atoms with Crippen LogP contribution in [-0.4, -0.2) is 176 Å². The highest BCUT2D eigenvalue weighted by atomic mass is 35.5. The van der Waals surface area contributed by atoms with E-state index >= 15 is 0 Å². The van der Waals surface area contributed by atoms with Crippen molar-refractivity contribution in [2.45, 2.75) is 156 Å². The molecule has 2 aliphatic rings. The number of nitrogens with one attached hydrogen (secondary N) is 6. The molecule has 0 aliphatic carbocycles. The first-order chi connectivity index (χ1) is 69.2. The summed E-state index contributed by atoms with van der Waals surface area (Å²) in [5.74, 6) is 3.82. The minimum atomic E-state index is -0.770. The van der Waals surface area contributed by atoms with Gasteiger partial charge in [0.2, 0.25) is 0 Å². The predicted octanol–water partition coefficient (Wildman–Crippen LogP) is 18.4. The molecule has 766 valence electrons. The molecule has 36 nitrogen and oxygen atoms in total. The van der Waals surface area contributed by atoms with E-state index in [1.54, 1.807) is 42.6 Å². The number of amides is 8. The molecule has 15 N–H and O–H groups in total. The molecule has 143 heavy (non-hydrogen) atoms. The van der Waals surface area contributed by atoms with Crippen LogP contribution in [0.5, 0.6) is 0 Å². The molecule has 0 saturated heterocycles. The Balaban J connectivity index is 0.000000355. The number of alkyl carbamates (subject to hydrolysis) is 4. The number of imide groups is 2. The number of pyridine rings is 2. The first kappa shape index (κ1) is 119. The summed E-state index contributed by atoms with van der Waals surface area (Å²) >= 11 is 11.3. The summed E-state index contributed by atoms with van der Waals surface area (Å²) in [6, 6.07) is 76.2. The van der Waals surface area contributed by atoms with Gasteiger partial charge in [0.05, 0.1) is 57.7 Å². The number of ether oxygens (including phenoxy) is 5. The monoisotopic (exact) mass is 2010 g/mol. The number of carbonyl (C=O) groups excluding carboxylic acids is 10. The maximum absolute atomic E-state index is 12.1. The van der Waals surface area contributed by atoms with Gasteiger partial charge < -0.3 is 76.0 Å². The number of hydroxylamine groups is 4. The van der Waals surface area contributed by atoms with Gasteiger partial charge in [0.25, 0.3) is 23.6 Å². The molecule has 5 heterocycles. The molecule has 12 aromatic rings. The van der Waals surface area contributed by atoms with Gasteiger partial charge in [-0.3, -0.25) is 44.0 Å². The number of benzene rings is 9. The number of aliphatic hydroxyl groups is 2. The normalized spacial score (nSPS) is 11.0. The minimum absolute atomic E-state index is 0. The summed E-state index contributed by atoms with van der Waals surface area (Å²) in [5.41, 5.74) is 24.7. The number of Topliss-reactive ketones (excluding diaryl/α,β-unsaturated/α-hetero) is 1. The average molecular weight is 2010 g/mol. The van der Waals surface area contributed by atoms with Crippen LogP contribution in [0.3, 0.4) is 0 Å². The number of unbranched alkanes of at least 4 members (excludes halogenated alkanes) is 7. The van der Waals surface area contributed by atoms with Crippen LogP contribution in [0.4, 0.5) is 24.0 Å². The number of para-hydroxylation sites is 2. The lowest BCUT2D eigenvalue weighted by molar-refractivity contribution is -0.118. The molecule has 8 amide bonds. The van der Waals surface area contributed by atoms with Gasteiger partial charge in [0.1, 0.15) is 62.3 Å². The summed E-state index contributed by atoms with van der Waals surface area (Å²) in [6.07, 6.45) is 15.5. The van der Waals surface area contributed by atoms with E-state index in [9.17, 15) is 47.9 Å². The van der Waals surface area contributed by atoms with E-state index in [1.807, 2.05) is 205 Å². The van der Waals surface area contributed by atoms with E-state index in [1.165, 1.54) is 12.1 Å². The Kier molecular flexibility index (Phi) is 59.7. The Labute approximate surface area is 842 Å². The number of hydrogen-bond acceptors (Lipinski definition) is 28. The number of aromatic nitrogens is 4. The number of fused-ring (bicyclic) bond motifs is 6. The third-order valence-electron chi connectivity index (χ3n) is 20.3. The highest BCUT2D eigenvalue weighted by Crippen LogP contribution is 2.29. The maximum atomic E-state index is 12.1. The highest BCUT2D eigenvalue weighted by molar-refractivity contribution is 6.61. The molecule has 38 heteroatoms. The van der Waals surface area contributed by atoms with Gasteiger partial charge in [-0.2, -0.15) is 4.73 Å². The number of rotatable bonds is 42. The van der Waals surface area contributed by atoms with Crippen LogP contribution in [0.2, 0.25) is 5.02 Å². The second-order valence-corrected chi connectivity index (χ2v) is 31.7. The number of aliphatic hydroxyl groups excluding tert-OH is 2. The Morgan fingerprint density at radius 2 is 0.769 bits per heavy atom. The number of ketones is 1. The largest absolute Gasteiger partial charge is 0.449 e. The average Bonchev–Trinajstić information content (AvgIpc) is 1.61. The van der Waals surface area contributed by atoms with Crippen LogP contribution in [-0.2, 0) is 84.0 Å². The molecule has 2 aliphatic heterocycles. The first-order valence-electron chi connectivity index (χ1n) is 46.5. The van der Waals surface area contributed by atoms with Crippen LogP contribution in [0.25, 0.3) is 32.8 Å². The molecule has 0 atom stereocenters. The molecule has 0 spiro atoms. The van der Waals surface area contributed by atoms with Crippen molar-refractivity contribution in [3.63, 3.8) is 0 Å². The summed E-state index contributed by atoms with van der Waals surface area (Å²) in [7, 11) is 0.